The number of non-ortho nitro benzene ring substituents is 1. The van der Waals surface area contributed by atoms with Crippen LogP contribution in [-0.2, 0) is 6.54 Å². The van der Waals surface area contributed by atoms with Gasteiger partial charge in [0.25, 0.3) is 11.6 Å². The van der Waals surface area contributed by atoms with Crippen LogP contribution in [0.15, 0.2) is 65.1 Å². The van der Waals surface area contributed by atoms with Crippen LogP contribution in [0.25, 0.3) is 0 Å². The standard InChI is InChI=1S/C26H22BrClN2O5/c27-20-10-9-19-21(22(20)24(32)26(14-31)11-12-26)23(16-3-5-17(28)6-4-16)29(25(19)33)13-15-1-7-18(8-2-15)30(34)35/h1-10,23-24,31-32H,11-14H2. The lowest BCUT2D eigenvalue weighted by Gasteiger charge is -2.29. The van der Waals surface area contributed by atoms with Gasteiger partial charge in [-0.15, -0.1) is 0 Å². The lowest BCUT2D eigenvalue weighted by Crippen LogP contribution is -2.29. The number of carbonyl (C=O) groups is 1. The van der Waals surface area contributed by atoms with Crippen LogP contribution in [0, 0.1) is 15.5 Å². The molecule has 2 N–H and O–H groups in total. The van der Waals surface area contributed by atoms with E-state index in [1.165, 1.54) is 12.1 Å². The molecule has 0 saturated heterocycles. The molecule has 7 nitrogen and oxygen atoms in total. The lowest BCUT2D eigenvalue weighted by molar-refractivity contribution is -0.384. The third-order valence-electron chi connectivity index (χ3n) is 7.06. The number of aliphatic hydroxyl groups excluding tert-OH is 2. The highest BCUT2D eigenvalue weighted by Gasteiger charge is 2.52. The molecule has 1 heterocycles. The Bertz CT molecular complexity index is 1310. The largest absolute Gasteiger partial charge is 0.396 e. The maximum atomic E-state index is 13.7. The molecule has 1 fully saturated rings. The van der Waals surface area contributed by atoms with Crippen LogP contribution in [-0.4, -0.2) is 32.6 Å². The summed E-state index contributed by atoms with van der Waals surface area (Å²) in [7, 11) is 0. The van der Waals surface area contributed by atoms with E-state index in [2.05, 4.69) is 15.9 Å². The smallest absolute Gasteiger partial charge is 0.269 e. The van der Waals surface area contributed by atoms with Crippen molar-refractivity contribution in [1.29, 1.82) is 0 Å². The van der Waals surface area contributed by atoms with E-state index in [4.69, 9.17) is 11.6 Å². The highest BCUT2D eigenvalue weighted by Crippen LogP contribution is 2.58. The van der Waals surface area contributed by atoms with Gasteiger partial charge in [0.2, 0.25) is 0 Å². The third kappa shape index (κ3) is 4.14. The molecule has 9 heteroatoms. The van der Waals surface area contributed by atoms with Crippen LogP contribution in [0.1, 0.15) is 57.6 Å². The lowest BCUT2D eigenvalue weighted by atomic mass is 9.85. The summed E-state index contributed by atoms with van der Waals surface area (Å²) >= 11 is 9.72. The average Bonchev–Trinajstić information content (AvgIpc) is 3.61. The molecule has 3 aromatic rings. The van der Waals surface area contributed by atoms with Gasteiger partial charge >= 0.3 is 0 Å². The van der Waals surface area contributed by atoms with E-state index >= 15 is 0 Å². The number of hydrogen-bond acceptors (Lipinski definition) is 5. The van der Waals surface area contributed by atoms with Crippen LogP contribution in [0.3, 0.4) is 0 Å². The summed E-state index contributed by atoms with van der Waals surface area (Å²) in [6, 6.07) is 16.3. The van der Waals surface area contributed by atoms with Gasteiger partial charge in [-0.1, -0.05) is 51.8 Å². The Balaban J connectivity index is 1.63. The van der Waals surface area contributed by atoms with E-state index in [0.29, 0.717) is 39.0 Å². The van der Waals surface area contributed by atoms with Crippen LogP contribution < -0.4 is 0 Å². The molecule has 1 aliphatic carbocycles. The van der Waals surface area contributed by atoms with E-state index in [1.54, 1.807) is 41.3 Å². The van der Waals surface area contributed by atoms with Crippen molar-refractivity contribution in [3.63, 3.8) is 0 Å². The van der Waals surface area contributed by atoms with Crippen molar-refractivity contribution in [1.82, 2.24) is 4.90 Å². The zero-order valence-electron chi connectivity index (χ0n) is 18.5. The van der Waals surface area contributed by atoms with Crippen LogP contribution >= 0.6 is 27.5 Å². The fraction of sp³-hybridized carbons (Fsp3) is 0.269. The quantitative estimate of drug-likeness (QED) is 0.292. The van der Waals surface area contributed by atoms with Crippen molar-refractivity contribution in [2.45, 2.75) is 31.5 Å². The monoisotopic (exact) mass is 556 g/mol. The van der Waals surface area contributed by atoms with E-state index in [-0.39, 0.29) is 24.7 Å². The Hall–Kier alpha value is -2.78. The first kappa shape index (κ1) is 23.9. The van der Waals surface area contributed by atoms with Crippen molar-refractivity contribution in [2.24, 2.45) is 5.41 Å². The third-order valence-corrected chi connectivity index (χ3v) is 8.00. The van der Waals surface area contributed by atoms with Gasteiger partial charge < -0.3 is 15.1 Å². The van der Waals surface area contributed by atoms with E-state index in [1.807, 2.05) is 12.1 Å². The predicted molar refractivity (Wildman–Crippen MR) is 134 cm³/mol. The zero-order valence-corrected chi connectivity index (χ0v) is 20.9. The predicted octanol–water partition coefficient (Wildman–Crippen LogP) is 5.56. The molecule has 2 unspecified atom stereocenters. The molecule has 1 amide bonds. The normalized spacial score (nSPS) is 18.9. The Labute approximate surface area is 215 Å². The fourth-order valence-corrected chi connectivity index (χ4v) is 5.54. The minimum atomic E-state index is -0.946. The first-order chi connectivity index (χ1) is 16.8. The topological polar surface area (TPSA) is 104 Å². The molecule has 180 valence electrons. The van der Waals surface area contributed by atoms with Crippen LogP contribution in [0.5, 0.6) is 0 Å². The number of hydrogen-bond donors (Lipinski definition) is 2. The number of aliphatic hydroxyl groups is 2. The minimum absolute atomic E-state index is 0.0212. The highest BCUT2D eigenvalue weighted by molar-refractivity contribution is 9.10. The number of benzene rings is 3. The fourth-order valence-electron chi connectivity index (χ4n) is 4.86. The maximum absolute atomic E-state index is 13.7. The summed E-state index contributed by atoms with van der Waals surface area (Å²) in [6.07, 6.45) is 0.457. The molecular weight excluding hydrogens is 536 g/mol. The van der Waals surface area contributed by atoms with Gasteiger partial charge in [0, 0.05) is 44.7 Å². The summed E-state index contributed by atoms with van der Waals surface area (Å²) in [5, 5.41) is 33.0. The van der Waals surface area contributed by atoms with E-state index in [0.717, 1.165) is 11.1 Å². The number of halogens is 2. The van der Waals surface area contributed by atoms with Gasteiger partial charge in [0.05, 0.1) is 23.7 Å². The van der Waals surface area contributed by atoms with Gasteiger partial charge in [-0.05, 0) is 53.8 Å². The molecule has 1 saturated carbocycles. The highest BCUT2D eigenvalue weighted by atomic mass is 79.9. The van der Waals surface area contributed by atoms with Gasteiger partial charge in [0.1, 0.15) is 0 Å². The Morgan fingerprint density at radius 3 is 2.34 bits per heavy atom. The van der Waals surface area contributed by atoms with Gasteiger partial charge in [-0.3, -0.25) is 14.9 Å². The second-order valence-corrected chi connectivity index (χ2v) is 10.4. The molecule has 0 aromatic heterocycles. The Morgan fingerprint density at radius 2 is 1.77 bits per heavy atom. The zero-order chi connectivity index (χ0) is 24.9. The van der Waals surface area contributed by atoms with Crippen molar-refractivity contribution in [2.75, 3.05) is 6.61 Å². The van der Waals surface area contributed by atoms with Gasteiger partial charge in [-0.2, -0.15) is 0 Å². The summed E-state index contributed by atoms with van der Waals surface area (Å²) < 4.78 is 0.674. The summed E-state index contributed by atoms with van der Waals surface area (Å²) in [5.41, 5.74) is 2.71. The molecular formula is C26H22BrClN2O5. The van der Waals surface area contributed by atoms with E-state index < -0.39 is 22.5 Å². The Kier molecular flexibility index (Phi) is 6.17. The molecule has 3 aromatic carbocycles. The molecule has 1 aliphatic heterocycles. The van der Waals surface area contributed by atoms with E-state index in [9.17, 15) is 25.1 Å². The molecule has 2 aliphatic rings. The van der Waals surface area contributed by atoms with Crippen molar-refractivity contribution < 1.29 is 19.9 Å². The number of fused-ring (bicyclic) bond motifs is 1. The van der Waals surface area contributed by atoms with Crippen LogP contribution in [0.2, 0.25) is 5.02 Å². The second kappa shape index (κ2) is 9.02. The SMILES string of the molecule is O=C1c2ccc(Br)c(C(O)C3(CO)CC3)c2C(c2ccc(Cl)cc2)N1Cc1ccc([N+](=O)[O-])cc1. The number of nitrogens with zero attached hydrogens (tertiary/aromatic N) is 2. The molecule has 0 spiro atoms. The Morgan fingerprint density at radius 1 is 1.11 bits per heavy atom. The van der Waals surface area contributed by atoms with Crippen molar-refractivity contribution in [3.05, 3.63) is 108 Å². The molecule has 2 atom stereocenters. The van der Waals surface area contributed by atoms with Crippen molar-refractivity contribution >= 4 is 39.1 Å². The summed E-state index contributed by atoms with van der Waals surface area (Å²) in [4.78, 5) is 26.0. The molecule has 0 bridgehead atoms. The molecule has 5 rings (SSSR count). The average molecular weight is 558 g/mol. The molecule has 35 heavy (non-hydrogen) atoms. The van der Waals surface area contributed by atoms with Crippen molar-refractivity contribution in [3.8, 4) is 0 Å². The van der Waals surface area contributed by atoms with Gasteiger partial charge in [-0.25, -0.2) is 0 Å². The first-order valence-corrected chi connectivity index (χ1v) is 12.3. The summed E-state index contributed by atoms with van der Waals surface area (Å²) in [6.45, 7) is 0.0768. The van der Waals surface area contributed by atoms with Gasteiger partial charge in [0.15, 0.2) is 0 Å². The number of amides is 1. The number of nitro benzene ring substituents is 1. The van der Waals surface area contributed by atoms with Crippen LogP contribution in [0.4, 0.5) is 5.69 Å². The first-order valence-electron chi connectivity index (χ1n) is 11.2. The molecule has 0 radical (unpaired) electrons. The minimum Gasteiger partial charge on any atom is -0.396 e. The number of carbonyl (C=O) groups excluding carboxylic acids is 1. The number of rotatable bonds is 7. The second-order valence-electron chi connectivity index (χ2n) is 9.16. The summed E-state index contributed by atoms with van der Waals surface area (Å²) in [5.74, 6) is -0.201. The number of nitro groups is 1. The maximum Gasteiger partial charge on any atom is 0.269 e.